The van der Waals surface area contributed by atoms with Gasteiger partial charge in [0.15, 0.2) is 0 Å². The number of anilines is 1. The molecule has 0 aliphatic carbocycles. The van der Waals surface area contributed by atoms with Crippen molar-refractivity contribution in [1.82, 2.24) is 9.97 Å². The van der Waals surface area contributed by atoms with Gasteiger partial charge >= 0.3 is 0 Å². The summed E-state index contributed by atoms with van der Waals surface area (Å²) in [5, 5.41) is 3.48. The predicted octanol–water partition coefficient (Wildman–Crippen LogP) is 2.90. The summed E-state index contributed by atoms with van der Waals surface area (Å²) in [6.07, 6.45) is 3.71. The summed E-state index contributed by atoms with van der Waals surface area (Å²) >= 11 is 0. The van der Waals surface area contributed by atoms with Crippen LogP contribution in [0.3, 0.4) is 0 Å². The molecule has 0 unspecified atom stereocenters. The Hall–Kier alpha value is -1.94. The van der Waals surface area contributed by atoms with E-state index in [1.807, 2.05) is 30.5 Å². The van der Waals surface area contributed by atoms with E-state index < -0.39 is 0 Å². The van der Waals surface area contributed by atoms with Gasteiger partial charge in [-0.25, -0.2) is 9.97 Å². The maximum Gasteiger partial charge on any atom is 0.135 e. The zero-order valence-corrected chi connectivity index (χ0v) is 12.3. The van der Waals surface area contributed by atoms with Crippen LogP contribution in [0.25, 0.3) is 0 Å². The first kappa shape index (κ1) is 14.0. The standard InChI is InChI=1S/C17H21N3O/c1-13(15-8-10-21-12-15)19-16-7-9-18-17(20-16)11-14-5-3-2-4-6-14/h2-7,9,13,15H,8,10-12H2,1H3,(H,18,19,20)/t13-,15+/m0/s1. The van der Waals surface area contributed by atoms with E-state index in [0.29, 0.717) is 12.0 Å². The maximum atomic E-state index is 5.45. The molecular weight excluding hydrogens is 262 g/mol. The van der Waals surface area contributed by atoms with E-state index in [0.717, 1.165) is 37.7 Å². The average molecular weight is 283 g/mol. The molecule has 1 N–H and O–H groups in total. The van der Waals surface area contributed by atoms with E-state index in [4.69, 9.17) is 4.74 Å². The zero-order chi connectivity index (χ0) is 14.5. The van der Waals surface area contributed by atoms with Crippen LogP contribution in [0.4, 0.5) is 5.82 Å². The Bertz CT molecular complexity index is 567. The Morgan fingerprint density at radius 1 is 1.29 bits per heavy atom. The number of hydrogen-bond donors (Lipinski definition) is 1. The summed E-state index contributed by atoms with van der Waals surface area (Å²) in [7, 11) is 0. The molecule has 3 rings (SSSR count). The predicted molar refractivity (Wildman–Crippen MR) is 83.3 cm³/mol. The second-order valence-electron chi connectivity index (χ2n) is 5.58. The first-order chi connectivity index (χ1) is 10.3. The van der Waals surface area contributed by atoms with Gasteiger partial charge in [-0.3, -0.25) is 0 Å². The summed E-state index contributed by atoms with van der Waals surface area (Å²) in [5.41, 5.74) is 1.23. The van der Waals surface area contributed by atoms with Crippen LogP contribution in [0.15, 0.2) is 42.6 Å². The molecule has 0 radical (unpaired) electrons. The number of benzene rings is 1. The molecule has 4 heteroatoms. The van der Waals surface area contributed by atoms with Gasteiger partial charge in [-0.05, 0) is 25.0 Å². The second kappa shape index (κ2) is 6.68. The molecule has 1 aromatic heterocycles. The van der Waals surface area contributed by atoms with Crippen molar-refractivity contribution in [3.8, 4) is 0 Å². The molecule has 2 atom stereocenters. The third-order valence-electron chi connectivity index (χ3n) is 3.96. The molecule has 21 heavy (non-hydrogen) atoms. The van der Waals surface area contributed by atoms with Crippen LogP contribution < -0.4 is 5.32 Å². The third kappa shape index (κ3) is 3.79. The number of hydrogen-bond acceptors (Lipinski definition) is 4. The fourth-order valence-corrected chi connectivity index (χ4v) is 2.64. The summed E-state index contributed by atoms with van der Waals surface area (Å²) in [4.78, 5) is 8.98. The Morgan fingerprint density at radius 2 is 2.14 bits per heavy atom. The molecule has 0 bridgehead atoms. The molecule has 0 spiro atoms. The van der Waals surface area contributed by atoms with Crippen molar-refractivity contribution in [3.05, 3.63) is 54.0 Å². The molecule has 1 aromatic carbocycles. The van der Waals surface area contributed by atoms with Crippen molar-refractivity contribution >= 4 is 5.82 Å². The van der Waals surface area contributed by atoms with Crippen molar-refractivity contribution in [3.63, 3.8) is 0 Å². The van der Waals surface area contributed by atoms with Gasteiger partial charge in [0.25, 0.3) is 0 Å². The molecule has 110 valence electrons. The van der Waals surface area contributed by atoms with E-state index in [1.54, 1.807) is 0 Å². The monoisotopic (exact) mass is 283 g/mol. The van der Waals surface area contributed by atoms with Crippen molar-refractivity contribution in [2.24, 2.45) is 5.92 Å². The van der Waals surface area contributed by atoms with Gasteiger partial charge in [-0.15, -0.1) is 0 Å². The topological polar surface area (TPSA) is 47.0 Å². The second-order valence-corrected chi connectivity index (χ2v) is 5.58. The number of rotatable bonds is 5. The van der Waals surface area contributed by atoms with Gasteiger partial charge < -0.3 is 10.1 Å². The molecule has 4 nitrogen and oxygen atoms in total. The number of aromatic nitrogens is 2. The Morgan fingerprint density at radius 3 is 2.90 bits per heavy atom. The summed E-state index contributed by atoms with van der Waals surface area (Å²) < 4.78 is 5.45. The summed E-state index contributed by atoms with van der Waals surface area (Å²) in [6.45, 7) is 3.91. The number of ether oxygens (including phenoxy) is 1. The van der Waals surface area contributed by atoms with Crippen molar-refractivity contribution in [2.45, 2.75) is 25.8 Å². The molecule has 1 aliphatic heterocycles. The molecule has 1 saturated heterocycles. The summed E-state index contributed by atoms with van der Waals surface area (Å²) in [6, 6.07) is 12.6. The highest BCUT2D eigenvalue weighted by atomic mass is 16.5. The van der Waals surface area contributed by atoms with Crippen LogP contribution in [-0.4, -0.2) is 29.2 Å². The highest BCUT2D eigenvalue weighted by Gasteiger charge is 2.22. The van der Waals surface area contributed by atoms with E-state index >= 15 is 0 Å². The van der Waals surface area contributed by atoms with Gasteiger partial charge in [-0.1, -0.05) is 30.3 Å². The average Bonchev–Trinajstić information content (AvgIpc) is 3.03. The minimum Gasteiger partial charge on any atom is -0.381 e. The Kier molecular flexibility index (Phi) is 4.46. The largest absolute Gasteiger partial charge is 0.381 e. The molecule has 2 heterocycles. The van der Waals surface area contributed by atoms with Crippen LogP contribution in [-0.2, 0) is 11.2 Å². The lowest BCUT2D eigenvalue weighted by Crippen LogP contribution is -2.26. The van der Waals surface area contributed by atoms with E-state index in [1.165, 1.54) is 5.56 Å². The van der Waals surface area contributed by atoms with Crippen LogP contribution >= 0.6 is 0 Å². The maximum absolute atomic E-state index is 5.45. The van der Waals surface area contributed by atoms with Crippen molar-refractivity contribution in [2.75, 3.05) is 18.5 Å². The van der Waals surface area contributed by atoms with E-state index in [-0.39, 0.29) is 0 Å². The van der Waals surface area contributed by atoms with Gasteiger partial charge in [0, 0.05) is 31.2 Å². The lowest BCUT2D eigenvalue weighted by molar-refractivity contribution is 0.183. The van der Waals surface area contributed by atoms with Gasteiger partial charge in [0.2, 0.25) is 0 Å². The minimum absolute atomic E-state index is 0.368. The molecule has 1 fully saturated rings. The molecule has 0 saturated carbocycles. The first-order valence-electron chi connectivity index (χ1n) is 7.51. The SMILES string of the molecule is C[C@H](Nc1ccnc(Cc2ccccc2)n1)[C@@H]1CCOC1. The lowest BCUT2D eigenvalue weighted by Gasteiger charge is -2.19. The van der Waals surface area contributed by atoms with Crippen LogP contribution in [0, 0.1) is 5.92 Å². The molecular formula is C17H21N3O. The fourth-order valence-electron chi connectivity index (χ4n) is 2.64. The zero-order valence-electron chi connectivity index (χ0n) is 12.3. The minimum atomic E-state index is 0.368. The Labute approximate surface area is 125 Å². The third-order valence-corrected chi connectivity index (χ3v) is 3.96. The van der Waals surface area contributed by atoms with Gasteiger partial charge in [0.1, 0.15) is 11.6 Å². The van der Waals surface area contributed by atoms with Gasteiger partial charge in [0.05, 0.1) is 6.61 Å². The van der Waals surface area contributed by atoms with Gasteiger partial charge in [-0.2, -0.15) is 0 Å². The van der Waals surface area contributed by atoms with Crippen molar-refractivity contribution in [1.29, 1.82) is 0 Å². The highest BCUT2D eigenvalue weighted by Crippen LogP contribution is 2.19. The molecule has 1 aliphatic rings. The van der Waals surface area contributed by atoms with Crippen LogP contribution in [0.2, 0.25) is 0 Å². The normalized spacial score (nSPS) is 19.4. The highest BCUT2D eigenvalue weighted by molar-refractivity contribution is 5.35. The van der Waals surface area contributed by atoms with E-state index in [9.17, 15) is 0 Å². The van der Waals surface area contributed by atoms with E-state index in [2.05, 4.69) is 34.3 Å². The van der Waals surface area contributed by atoms with Crippen LogP contribution in [0.1, 0.15) is 24.7 Å². The molecule has 0 amide bonds. The fraction of sp³-hybridized carbons (Fsp3) is 0.412. The number of nitrogens with one attached hydrogen (secondary N) is 1. The lowest BCUT2D eigenvalue weighted by atomic mass is 10.0. The first-order valence-corrected chi connectivity index (χ1v) is 7.51. The number of nitrogens with zero attached hydrogens (tertiary/aromatic N) is 2. The summed E-state index contributed by atoms with van der Waals surface area (Å²) in [5.74, 6) is 2.31. The molecule has 2 aromatic rings. The van der Waals surface area contributed by atoms with Crippen LogP contribution in [0.5, 0.6) is 0 Å². The Balaban J connectivity index is 1.65. The quantitative estimate of drug-likeness (QED) is 0.916. The van der Waals surface area contributed by atoms with Crippen molar-refractivity contribution < 1.29 is 4.74 Å². The smallest absolute Gasteiger partial charge is 0.135 e.